The number of benzene rings is 6. The van der Waals surface area contributed by atoms with Crippen molar-refractivity contribution in [2.75, 3.05) is 39.8 Å². The Balaban J connectivity index is 0.000000166. The minimum atomic E-state index is -4.59. The van der Waals surface area contributed by atoms with Crippen LogP contribution in [0.4, 0.5) is 98.7 Å². The number of alkyl halides is 15. The van der Waals surface area contributed by atoms with E-state index in [1.807, 2.05) is 75.4 Å². The van der Waals surface area contributed by atoms with Gasteiger partial charge in [-0.25, -0.2) is 29.3 Å². The first-order valence-corrected chi connectivity index (χ1v) is 46.4. The zero-order chi connectivity index (χ0) is 109. The van der Waals surface area contributed by atoms with Crippen LogP contribution in [-0.4, -0.2) is 92.6 Å². The van der Waals surface area contributed by atoms with Crippen molar-refractivity contribution in [1.29, 1.82) is 0 Å². The van der Waals surface area contributed by atoms with E-state index in [2.05, 4.69) is 76.4 Å². The summed E-state index contributed by atoms with van der Waals surface area (Å²) in [5, 5.41) is 15.4. The lowest BCUT2D eigenvalue weighted by molar-refractivity contribution is -0.142. The molecule has 10 heterocycles. The Bertz CT molecular complexity index is 7440. The van der Waals surface area contributed by atoms with Gasteiger partial charge in [0.2, 0.25) is 0 Å². The number of nitrogens with zero attached hydrogens (tertiary/aromatic N) is 10. The van der Waals surface area contributed by atoms with E-state index in [1.165, 1.54) is 65.0 Å². The maximum absolute atomic E-state index is 13.1. The fourth-order valence-electron chi connectivity index (χ4n) is 14.1. The lowest BCUT2D eigenvalue weighted by Gasteiger charge is -2.12. The van der Waals surface area contributed by atoms with Crippen LogP contribution in [-0.2, 0) is 37.3 Å². The molecular formula is C107H80Cl5F16N15O7. The molecule has 772 valence electrons. The first kappa shape index (κ1) is 113. The Labute approximate surface area is 870 Å². The van der Waals surface area contributed by atoms with E-state index < -0.39 is 94.7 Å². The number of aromatic nitrogens is 10. The summed E-state index contributed by atoms with van der Waals surface area (Å²) < 4.78 is 215. The number of aryl methyl sites for hydroxylation is 6. The molecule has 0 fully saturated rings. The maximum Gasteiger partial charge on any atom is 0.433 e. The van der Waals surface area contributed by atoms with Gasteiger partial charge in [0.05, 0.1) is 142 Å². The van der Waals surface area contributed by atoms with Gasteiger partial charge in [0.15, 0.2) is 0 Å². The number of ether oxygens (including phenoxy) is 2. The number of amides is 5. The quantitative estimate of drug-likeness (QED) is 0.0418. The minimum absolute atomic E-state index is 0.00408. The molecule has 5 N–H and O–H groups in total. The number of carbonyl (C=O) groups is 5. The molecule has 0 radical (unpaired) electrons. The molecule has 22 nitrogen and oxygen atoms in total. The predicted octanol–water partition coefficient (Wildman–Crippen LogP) is 30.0. The number of anilines is 5. The Morgan fingerprint density at radius 2 is 0.547 bits per heavy atom. The highest BCUT2D eigenvalue weighted by molar-refractivity contribution is 6.35. The topological polar surface area (TPSA) is 293 Å². The van der Waals surface area contributed by atoms with Crippen molar-refractivity contribution >= 4 is 116 Å². The standard InChI is InChI=1S/C25H17ClF3N3O.2C21H17ClF3N3O2.C21H17ClF3N3O.C19H12ClF4N3O/c1-15-19(9-12-23(31-15)25(27,28)29)24(33)32-18-8-10-21(26)20(13-18)22-11-7-17(14-30-22)16-5-3-2-4-6-16;2*1-3-30-14-5-8-18(26-11-14)16-10-13(4-7-17(16)22)28-20(29)15-6-9-19(21(23,24)25)27-12(15)2;1-3-13-8-9-26-18(10-13)16-11-14(4-6-17(16)22)28-20(29)15-5-7-19(21(23,24)25)27-12(15)2;1-10-13(4-7-17(26-10)19(22,23)24)18(28)27-12-3-5-15(20)14(8-12)16-6-2-11(21)9-25-16/h2-14H,1H3,(H,32,33);2*4-11H,3H2,1-2H3,(H,28,29);4-11H,3H2,1-2H3,(H,28,29);2-9H,1H3,(H,27,28). The molecule has 16 rings (SSSR count). The smallest absolute Gasteiger partial charge is 0.433 e. The highest BCUT2D eigenvalue weighted by Gasteiger charge is 2.38. The van der Waals surface area contributed by atoms with Crippen molar-refractivity contribution in [2.24, 2.45) is 0 Å². The third kappa shape index (κ3) is 30.2. The van der Waals surface area contributed by atoms with Crippen LogP contribution in [0, 0.1) is 40.4 Å². The summed E-state index contributed by atoms with van der Waals surface area (Å²) >= 11 is 31.3. The number of hydrogen-bond donors (Lipinski definition) is 5. The van der Waals surface area contributed by atoms with Crippen molar-refractivity contribution in [3.63, 3.8) is 0 Å². The predicted molar refractivity (Wildman–Crippen MR) is 540 cm³/mol. The molecule has 5 amide bonds. The SMILES string of the molecule is CCOc1ccc(-c2cc(NC(=O)c3ccc(C(F)(F)F)nc3C)ccc2Cl)nc1.CCOc1ccc(-c2cc(NC(=O)c3ccc(C(F)(F)F)nc3C)ccc2Cl)nc1.CCc1ccnc(-c2cc(NC(=O)c3ccc(C(F)(F)F)nc3C)ccc2Cl)c1.Cc1nc(C(F)(F)F)ccc1C(=O)Nc1ccc(Cl)c(-c2ccc(-c3ccccc3)cn2)c1.Cc1nc(C(F)(F)F)ccc1C(=O)Nc1ccc(Cl)c(-c2ccc(F)cn2)c1. The summed E-state index contributed by atoms with van der Waals surface area (Å²) in [6.07, 6.45) is -14.4. The van der Waals surface area contributed by atoms with Crippen LogP contribution in [0.5, 0.6) is 11.5 Å². The molecule has 0 saturated carbocycles. The molecular weight excluding hydrogens is 2090 g/mol. The fourth-order valence-corrected chi connectivity index (χ4v) is 15.2. The second kappa shape index (κ2) is 49.3. The van der Waals surface area contributed by atoms with Crippen LogP contribution in [0.3, 0.4) is 0 Å². The Morgan fingerprint density at radius 1 is 0.280 bits per heavy atom. The van der Waals surface area contributed by atoms with Gasteiger partial charge in [-0.05, 0) is 272 Å². The van der Waals surface area contributed by atoms with Crippen LogP contribution < -0.4 is 36.1 Å². The lowest BCUT2D eigenvalue weighted by atomic mass is 10.1. The molecule has 0 aliphatic rings. The van der Waals surface area contributed by atoms with E-state index in [1.54, 1.807) is 122 Å². The van der Waals surface area contributed by atoms with Crippen LogP contribution >= 0.6 is 58.0 Å². The minimum Gasteiger partial charge on any atom is -0.492 e. The number of hydrogen-bond acceptors (Lipinski definition) is 17. The summed E-state index contributed by atoms with van der Waals surface area (Å²) in [5.74, 6) is -2.20. The Morgan fingerprint density at radius 3 is 0.780 bits per heavy atom. The molecule has 0 saturated heterocycles. The maximum atomic E-state index is 13.1. The largest absolute Gasteiger partial charge is 0.492 e. The van der Waals surface area contributed by atoms with Gasteiger partial charge in [0, 0.05) is 74.2 Å². The molecule has 0 atom stereocenters. The molecule has 6 aromatic carbocycles. The molecule has 0 aliphatic heterocycles. The molecule has 0 bridgehead atoms. The van der Waals surface area contributed by atoms with Gasteiger partial charge >= 0.3 is 30.9 Å². The van der Waals surface area contributed by atoms with E-state index in [9.17, 15) is 94.2 Å². The van der Waals surface area contributed by atoms with Crippen molar-refractivity contribution in [1.82, 2.24) is 49.8 Å². The van der Waals surface area contributed by atoms with E-state index in [0.717, 1.165) is 90.0 Å². The molecule has 150 heavy (non-hydrogen) atoms. The highest BCUT2D eigenvalue weighted by Crippen LogP contribution is 2.41. The van der Waals surface area contributed by atoms with E-state index in [4.69, 9.17) is 67.5 Å². The summed E-state index contributed by atoms with van der Waals surface area (Å²) in [7, 11) is 0. The number of nitrogens with one attached hydrogen (secondary N) is 5. The third-order valence-electron chi connectivity index (χ3n) is 21.5. The lowest BCUT2D eigenvalue weighted by Crippen LogP contribution is -2.16. The summed E-state index contributed by atoms with van der Waals surface area (Å²) in [6.45, 7) is 13.5. The van der Waals surface area contributed by atoms with Gasteiger partial charge in [-0.2, -0.15) is 65.9 Å². The zero-order valence-corrected chi connectivity index (χ0v) is 83.1. The molecule has 10 aromatic heterocycles. The molecule has 0 aliphatic carbocycles. The monoisotopic (exact) mass is 2170 g/mol. The molecule has 0 unspecified atom stereocenters. The second-order valence-corrected chi connectivity index (χ2v) is 34.1. The summed E-state index contributed by atoms with van der Waals surface area (Å²) in [6, 6.07) is 60.4. The number of carbonyl (C=O) groups excluding carboxylic acids is 5. The van der Waals surface area contributed by atoms with E-state index in [0.29, 0.717) is 135 Å². The Hall–Kier alpha value is -15.9. The first-order chi connectivity index (χ1) is 70.9. The van der Waals surface area contributed by atoms with Gasteiger partial charge < -0.3 is 36.1 Å². The van der Waals surface area contributed by atoms with E-state index in [-0.39, 0.29) is 56.3 Å². The van der Waals surface area contributed by atoms with Gasteiger partial charge in [0.1, 0.15) is 45.8 Å². The van der Waals surface area contributed by atoms with Crippen molar-refractivity contribution in [3.8, 4) is 78.9 Å². The number of rotatable bonds is 21. The molecule has 16 aromatic rings. The normalized spacial score (nSPS) is 11.3. The number of pyridine rings is 10. The van der Waals surface area contributed by atoms with Gasteiger partial charge in [-0.15, -0.1) is 0 Å². The van der Waals surface area contributed by atoms with Gasteiger partial charge in [-0.3, -0.25) is 48.9 Å². The Kier molecular flexibility index (Phi) is 37.1. The van der Waals surface area contributed by atoms with Crippen LogP contribution in [0.1, 0.15) is 135 Å². The molecule has 43 heteroatoms. The van der Waals surface area contributed by atoms with Crippen molar-refractivity contribution in [2.45, 2.75) is 92.7 Å². The summed E-state index contributed by atoms with van der Waals surface area (Å²) in [5.41, 5.74) is 5.61. The highest BCUT2D eigenvalue weighted by atomic mass is 35.5. The molecule has 0 spiro atoms. The van der Waals surface area contributed by atoms with Crippen molar-refractivity contribution < 1.29 is 104 Å². The van der Waals surface area contributed by atoms with Gasteiger partial charge in [0.25, 0.3) is 29.5 Å². The van der Waals surface area contributed by atoms with Crippen LogP contribution in [0.15, 0.2) is 274 Å². The summed E-state index contributed by atoms with van der Waals surface area (Å²) in [4.78, 5) is 102. The second-order valence-electron chi connectivity index (χ2n) is 32.1. The third-order valence-corrected chi connectivity index (χ3v) is 23.2. The van der Waals surface area contributed by atoms with Crippen molar-refractivity contribution in [3.05, 3.63) is 395 Å². The average Bonchev–Trinajstić information content (AvgIpc) is 0.817. The first-order valence-electron chi connectivity index (χ1n) is 44.5. The van der Waals surface area contributed by atoms with Gasteiger partial charge in [-0.1, -0.05) is 101 Å². The fraction of sp³-hybridized carbons (Fsp3) is 0.150. The zero-order valence-electron chi connectivity index (χ0n) is 79.4. The van der Waals surface area contributed by atoms with Crippen LogP contribution in [0.2, 0.25) is 25.1 Å². The number of halogens is 21. The van der Waals surface area contributed by atoms with Crippen LogP contribution in [0.25, 0.3) is 67.4 Å². The average molecular weight is 2170 g/mol. The van der Waals surface area contributed by atoms with E-state index >= 15 is 0 Å².